The van der Waals surface area contributed by atoms with E-state index in [0.29, 0.717) is 36.2 Å². The first-order chi connectivity index (χ1) is 10.8. The van der Waals surface area contributed by atoms with Gasteiger partial charge >= 0.3 is 6.03 Å². The zero-order valence-electron chi connectivity index (χ0n) is 13.5. The van der Waals surface area contributed by atoms with Crippen LogP contribution in [0.25, 0.3) is 0 Å². The minimum Gasteiger partial charge on any atom is -0.339 e. The van der Waals surface area contributed by atoms with Crippen molar-refractivity contribution >= 4 is 17.6 Å². The highest BCUT2D eigenvalue weighted by Crippen LogP contribution is 2.19. The first-order valence-corrected chi connectivity index (χ1v) is 7.81. The fraction of sp³-hybridized carbons (Fsp3) is 0.438. The van der Waals surface area contributed by atoms with Crippen LogP contribution in [0.5, 0.6) is 0 Å². The molecule has 0 spiro atoms. The third kappa shape index (κ3) is 5.56. The molecule has 0 bridgehead atoms. The van der Waals surface area contributed by atoms with Gasteiger partial charge in [0.2, 0.25) is 5.89 Å². The van der Waals surface area contributed by atoms with Crippen LogP contribution in [0.4, 0.5) is 4.79 Å². The van der Waals surface area contributed by atoms with E-state index in [-0.39, 0.29) is 11.4 Å². The van der Waals surface area contributed by atoms with Crippen molar-refractivity contribution in [3.05, 3.63) is 46.6 Å². The lowest BCUT2D eigenvalue weighted by Crippen LogP contribution is -2.36. The van der Waals surface area contributed by atoms with Crippen molar-refractivity contribution in [1.29, 1.82) is 0 Å². The van der Waals surface area contributed by atoms with Crippen LogP contribution in [-0.2, 0) is 18.4 Å². The van der Waals surface area contributed by atoms with Crippen molar-refractivity contribution in [3.63, 3.8) is 0 Å². The van der Waals surface area contributed by atoms with Crippen molar-refractivity contribution < 1.29 is 9.32 Å². The third-order valence-corrected chi connectivity index (χ3v) is 3.32. The second-order valence-corrected chi connectivity index (χ2v) is 6.69. The molecular weight excluding hydrogens is 316 g/mol. The van der Waals surface area contributed by atoms with E-state index >= 15 is 0 Å². The largest absolute Gasteiger partial charge is 0.339 e. The number of carbonyl (C=O) groups excluding carboxylic acids is 1. The first-order valence-electron chi connectivity index (χ1n) is 7.44. The molecule has 0 fully saturated rings. The number of aromatic nitrogens is 2. The lowest BCUT2D eigenvalue weighted by atomic mass is 9.97. The van der Waals surface area contributed by atoms with Crippen LogP contribution in [-0.4, -0.2) is 22.7 Å². The number of carbonyl (C=O) groups is 1. The van der Waals surface area contributed by atoms with Gasteiger partial charge in [0, 0.05) is 29.9 Å². The van der Waals surface area contributed by atoms with Crippen LogP contribution in [0.1, 0.15) is 38.0 Å². The number of benzene rings is 1. The van der Waals surface area contributed by atoms with Gasteiger partial charge in [-0.3, -0.25) is 0 Å². The van der Waals surface area contributed by atoms with Crippen molar-refractivity contribution in [2.24, 2.45) is 0 Å². The molecule has 0 aliphatic heterocycles. The molecule has 1 aromatic carbocycles. The van der Waals surface area contributed by atoms with Crippen LogP contribution in [0.2, 0.25) is 5.02 Å². The average molecular weight is 337 g/mol. The Bertz CT molecular complexity index is 664. The number of hydrogen-bond donors (Lipinski definition) is 2. The van der Waals surface area contributed by atoms with Crippen molar-refractivity contribution in [2.45, 2.75) is 39.2 Å². The van der Waals surface area contributed by atoms with E-state index in [0.717, 1.165) is 5.56 Å². The summed E-state index contributed by atoms with van der Waals surface area (Å²) in [6, 6.07) is 7.11. The zero-order valence-corrected chi connectivity index (χ0v) is 14.3. The van der Waals surface area contributed by atoms with Gasteiger partial charge in [-0.05, 0) is 17.7 Å². The number of hydrogen-bond acceptors (Lipinski definition) is 4. The van der Waals surface area contributed by atoms with Crippen LogP contribution >= 0.6 is 11.6 Å². The number of rotatable bonds is 5. The van der Waals surface area contributed by atoms with Crippen LogP contribution < -0.4 is 10.6 Å². The van der Waals surface area contributed by atoms with Gasteiger partial charge in [-0.2, -0.15) is 4.98 Å². The molecule has 0 atom stereocenters. The maximum Gasteiger partial charge on any atom is 0.315 e. The predicted octanol–water partition coefficient (Wildman–Crippen LogP) is 3.06. The van der Waals surface area contributed by atoms with Gasteiger partial charge < -0.3 is 15.2 Å². The van der Waals surface area contributed by atoms with Gasteiger partial charge in [-0.15, -0.1) is 0 Å². The second-order valence-electron chi connectivity index (χ2n) is 6.26. The van der Waals surface area contributed by atoms with Crippen LogP contribution in [0.15, 0.2) is 28.8 Å². The molecule has 2 amide bonds. The SMILES string of the molecule is CC(C)(C)c1nc(CCNC(=O)NCc2cccc(Cl)c2)no1. The highest BCUT2D eigenvalue weighted by atomic mass is 35.5. The molecule has 0 aliphatic rings. The molecule has 1 heterocycles. The number of amides is 2. The van der Waals surface area contributed by atoms with Gasteiger partial charge in [0.25, 0.3) is 0 Å². The summed E-state index contributed by atoms with van der Waals surface area (Å²) in [6.45, 7) is 6.87. The minimum absolute atomic E-state index is 0.174. The molecule has 0 aliphatic carbocycles. The van der Waals surface area contributed by atoms with Gasteiger partial charge in [-0.1, -0.05) is 49.7 Å². The van der Waals surface area contributed by atoms with E-state index in [1.807, 2.05) is 39.0 Å². The summed E-state index contributed by atoms with van der Waals surface area (Å²) in [7, 11) is 0. The highest BCUT2D eigenvalue weighted by Gasteiger charge is 2.21. The Morgan fingerprint density at radius 3 is 2.74 bits per heavy atom. The van der Waals surface area contributed by atoms with Crippen LogP contribution in [0.3, 0.4) is 0 Å². The number of nitrogens with zero attached hydrogens (tertiary/aromatic N) is 2. The molecule has 0 saturated heterocycles. The highest BCUT2D eigenvalue weighted by molar-refractivity contribution is 6.30. The minimum atomic E-state index is -0.246. The summed E-state index contributed by atoms with van der Waals surface area (Å²) in [5.74, 6) is 1.18. The molecule has 2 rings (SSSR count). The van der Waals surface area contributed by atoms with E-state index in [9.17, 15) is 4.79 Å². The molecule has 0 unspecified atom stereocenters. The van der Waals surface area contributed by atoms with E-state index in [1.54, 1.807) is 6.07 Å². The lowest BCUT2D eigenvalue weighted by Gasteiger charge is -2.10. The number of nitrogens with one attached hydrogen (secondary N) is 2. The van der Waals surface area contributed by atoms with E-state index in [4.69, 9.17) is 16.1 Å². The van der Waals surface area contributed by atoms with E-state index < -0.39 is 0 Å². The van der Waals surface area contributed by atoms with Crippen molar-refractivity contribution in [2.75, 3.05) is 6.54 Å². The Kier molecular flexibility index (Phi) is 5.60. The van der Waals surface area contributed by atoms with Crippen molar-refractivity contribution in [3.8, 4) is 0 Å². The van der Waals surface area contributed by atoms with Gasteiger partial charge in [0.15, 0.2) is 5.82 Å². The monoisotopic (exact) mass is 336 g/mol. The number of urea groups is 1. The molecule has 6 nitrogen and oxygen atoms in total. The van der Waals surface area contributed by atoms with Gasteiger partial charge in [-0.25, -0.2) is 4.79 Å². The summed E-state index contributed by atoms with van der Waals surface area (Å²) in [6.07, 6.45) is 0.518. The standard InChI is InChI=1S/C16H21ClN4O2/c1-16(2,3)14-20-13(21-23-14)7-8-18-15(22)19-10-11-5-4-6-12(17)9-11/h4-6,9H,7-8,10H2,1-3H3,(H2,18,19,22). The normalized spacial score (nSPS) is 11.3. The summed E-state index contributed by atoms with van der Waals surface area (Å²) in [5.41, 5.74) is 0.771. The average Bonchev–Trinajstić information content (AvgIpc) is 2.94. The zero-order chi connectivity index (χ0) is 16.9. The van der Waals surface area contributed by atoms with Gasteiger partial charge in [0.05, 0.1) is 0 Å². The fourth-order valence-electron chi connectivity index (χ4n) is 1.84. The molecular formula is C16H21ClN4O2. The fourth-order valence-corrected chi connectivity index (χ4v) is 2.05. The Labute approximate surface area is 140 Å². The summed E-state index contributed by atoms with van der Waals surface area (Å²) >= 11 is 5.89. The van der Waals surface area contributed by atoms with E-state index in [1.165, 1.54) is 0 Å². The molecule has 1 aromatic heterocycles. The third-order valence-electron chi connectivity index (χ3n) is 3.09. The Morgan fingerprint density at radius 2 is 2.09 bits per heavy atom. The van der Waals surface area contributed by atoms with Gasteiger partial charge in [0.1, 0.15) is 0 Å². The summed E-state index contributed by atoms with van der Waals surface area (Å²) in [4.78, 5) is 16.1. The maximum absolute atomic E-state index is 11.7. The molecule has 0 saturated carbocycles. The molecule has 2 aromatic rings. The summed E-state index contributed by atoms with van der Waals surface area (Å²) < 4.78 is 5.20. The Hall–Kier alpha value is -2.08. The first kappa shape index (κ1) is 17.3. The molecule has 124 valence electrons. The maximum atomic E-state index is 11.7. The topological polar surface area (TPSA) is 80.0 Å². The molecule has 2 N–H and O–H groups in total. The molecule has 7 heteroatoms. The van der Waals surface area contributed by atoms with E-state index in [2.05, 4.69) is 20.8 Å². The molecule has 23 heavy (non-hydrogen) atoms. The second kappa shape index (κ2) is 7.46. The van der Waals surface area contributed by atoms with Crippen LogP contribution in [0, 0.1) is 0 Å². The lowest BCUT2D eigenvalue weighted by molar-refractivity contribution is 0.240. The predicted molar refractivity (Wildman–Crippen MR) is 88.4 cm³/mol. The van der Waals surface area contributed by atoms with Crippen molar-refractivity contribution in [1.82, 2.24) is 20.8 Å². The number of halogens is 1. The Morgan fingerprint density at radius 1 is 1.30 bits per heavy atom. The summed E-state index contributed by atoms with van der Waals surface area (Å²) in [5, 5.41) is 10.1. The quantitative estimate of drug-likeness (QED) is 0.879. The Balaban J connectivity index is 1.71. The smallest absolute Gasteiger partial charge is 0.315 e. The molecule has 0 radical (unpaired) electrons.